The molecular formula is C9H19O2S2+. The van der Waals surface area contributed by atoms with E-state index in [1.165, 1.54) is 17.3 Å². The molecule has 1 aliphatic heterocycles. The number of thioether (sulfide) groups is 1. The second-order valence-corrected chi connectivity index (χ2v) is 6.16. The van der Waals surface area contributed by atoms with E-state index in [4.69, 9.17) is 8.92 Å². The Morgan fingerprint density at radius 1 is 1.46 bits per heavy atom. The largest absolute Gasteiger partial charge is 0.373 e. The molecule has 2 nitrogen and oxygen atoms in total. The average molecular weight is 223 g/mol. The Balaban J connectivity index is 1.85. The highest BCUT2D eigenvalue weighted by molar-refractivity contribution is 8.02. The maximum Gasteiger partial charge on any atom is 0.322 e. The summed E-state index contributed by atoms with van der Waals surface area (Å²) in [4.78, 5) is 0. The molecule has 0 spiro atoms. The van der Waals surface area contributed by atoms with Gasteiger partial charge in [-0.1, -0.05) is 13.8 Å². The minimum absolute atomic E-state index is 0.246. The highest BCUT2D eigenvalue weighted by Gasteiger charge is 2.54. The highest BCUT2D eigenvalue weighted by Crippen LogP contribution is 2.28. The molecule has 2 atom stereocenters. The Morgan fingerprint density at radius 2 is 2.31 bits per heavy atom. The minimum atomic E-state index is 0.246. The molecule has 1 heterocycles. The molecule has 1 fully saturated rings. The smallest absolute Gasteiger partial charge is 0.322 e. The molecule has 0 aliphatic carbocycles. The highest BCUT2D eigenvalue weighted by atomic mass is 32.2. The van der Waals surface area contributed by atoms with Crippen molar-refractivity contribution in [1.29, 1.82) is 0 Å². The van der Waals surface area contributed by atoms with E-state index in [9.17, 15) is 0 Å². The third-order valence-electron chi connectivity index (χ3n) is 1.72. The van der Waals surface area contributed by atoms with E-state index in [0.29, 0.717) is 5.44 Å². The Kier molecular flexibility index (Phi) is 6.28. The summed E-state index contributed by atoms with van der Waals surface area (Å²) in [6, 6.07) is 0. The van der Waals surface area contributed by atoms with E-state index in [1.807, 2.05) is 11.8 Å². The van der Waals surface area contributed by atoms with Crippen LogP contribution in [0.15, 0.2) is 0 Å². The van der Waals surface area contributed by atoms with Crippen LogP contribution in [0.3, 0.4) is 0 Å². The third-order valence-corrected chi connectivity index (χ3v) is 4.60. The van der Waals surface area contributed by atoms with E-state index < -0.39 is 0 Å². The molecule has 0 radical (unpaired) electrons. The van der Waals surface area contributed by atoms with E-state index in [-0.39, 0.29) is 11.2 Å². The van der Waals surface area contributed by atoms with Gasteiger partial charge in [0.05, 0.1) is 0 Å². The molecule has 0 aromatic carbocycles. The fourth-order valence-electron chi connectivity index (χ4n) is 1.01. The fourth-order valence-corrected chi connectivity index (χ4v) is 3.48. The monoisotopic (exact) mass is 223 g/mol. The first-order chi connectivity index (χ1) is 6.38. The van der Waals surface area contributed by atoms with Gasteiger partial charge in [-0.05, 0) is 12.2 Å². The molecule has 0 saturated carbocycles. The van der Waals surface area contributed by atoms with Crippen molar-refractivity contribution in [3.63, 3.8) is 0 Å². The van der Waals surface area contributed by atoms with Crippen molar-refractivity contribution in [3.8, 4) is 0 Å². The summed E-state index contributed by atoms with van der Waals surface area (Å²) in [6.45, 7) is 6.02. The summed E-state index contributed by atoms with van der Waals surface area (Å²) in [6.07, 6.45) is 1.10. The maximum atomic E-state index is 5.50. The average Bonchev–Trinajstić information content (AvgIpc) is 2.85. The lowest BCUT2D eigenvalue weighted by atomic mass is 10.5. The van der Waals surface area contributed by atoms with Crippen molar-refractivity contribution in [3.05, 3.63) is 0 Å². The van der Waals surface area contributed by atoms with Crippen LogP contribution in [0.1, 0.15) is 20.3 Å². The van der Waals surface area contributed by atoms with Gasteiger partial charge in [0.25, 0.3) is 0 Å². The van der Waals surface area contributed by atoms with Gasteiger partial charge in [0.2, 0.25) is 0 Å². The van der Waals surface area contributed by atoms with Gasteiger partial charge in [-0.3, -0.25) is 0 Å². The standard InChI is InChI=1S/C9H19O2S2/c1-3-5-10-8-9-11-13(9)7-6-12-4-2/h9H,3-8H2,1-2H3/q+1. The molecule has 0 aromatic rings. The van der Waals surface area contributed by atoms with Crippen LogP contribution in [0.2, 0.25) is 0 Å². The van der Waals surface area contributed by atoms with E-state index in [2.05, 4.69) is 13.8 Å². The third kappa shape index (κ3) is 5.15. The van der Waals surface area contributed by atoms with Gasteiger partial charge >= 0.3 is 5.44 Å². The molecule has 1 aliphatic rings. The molecule has 0 aromatic heterocycles. The topological polar surface area (TPSA) is 21.8 Å². The lowest BCUT2D eigenvalue weighted by Gasteiger charge is -1.93. The Morgan fingerprint density at radius 3 is 3.00 bits per heavy atom. The van der Waals surface area contributed by atoms with Gasteiger partial charge in [0, 0.05) is 12.4 Å². The number of rotatable bonds is 8. The zero-order chi connectivity index (χ0) is 9.52. The van der Waals surface area contributed by atoms with Crippen molar-refractivity contribution in [2.75, 3.05) is 30.5 Å². The van der Waals surface area contributed by atoms with E-state index in [0.717, 1.165) is 19.6 Å². The van der Waals surface area contributed by atoms with Gasteiger partial charge in [0.1, 0.15) is 6.61 Å². The van der Waals surface area contributed by atoms with Crippen molar-refractivity contribution in [2.45, 2.75) is 25.7 Å². The van der Waals surface area contributed by atoms with Crippen molar-refractivity contribution < 1.29 is 8.92 Å². The van der Waals surface area contributed by atoms with Gasteiger partial charge < -0.3 is 4.74 Å². The fraction of sp³-hybridized carbons (Fsp3) is 1.00. The van der Waals surface area contributed by atoms with Crippen LogP contribution in [0.25, 0.3) is 0 Å². The van der Waals surface area contributed by atoms with E-state index >= 15 is 0 Å². The Bertz CT molecular complexity index is 119. The lowest BCUT2D eigenvalue weighted by molar-refractivity contribution is 0.117. The maximum absolute atomic E-state index is 5.50. The molecule has 4 heteroatoms. The van der Waals surface area contributed by atoms with Gasteiger partial charge in [-0.2, -0.15) is 11.8 Å². The minimum Gasteiger partial charge on any atom is -0.373 e. The predicted molar refractivity (Wildman–Crippen MR) is 61.2 cm³/mol. The van der Waals surface area contributed by atoms with Crippen LogP contribution in [0, 0.1) is 0 Å². The van der Waals surface area contributed by atoms with Crippen LogP contribution in [-0.4, -0.2) is 35.9 Å². The molecule has 78 valence electrons. The zero-order valence-corrected chi connectivity index (χ0v) is 10.1. The summed E-state index contributed by atoms with van der Waals surface area (Å²) >= 11 is 2.24. The summed E-state index contributed by atoms with van der Waals surface area (Å²) in [5.41, 5.74) is 0.434. The summed E-state index contributed by atoms with van der Waals surface area (Å²) in [7, 11) is 0. The predicted octanol–water partition coefficient (Wildman–Crippen LogP) is 2.06. The van der Waals surface area contributed by atoms with Crippen LogP contribution in [-0.2, 0) is 20.1 Å². The summed E-state index contributed by atoms with van der Waals surface area (Å²) in [5.74, 6) is 3.68. The molecule has 1 rings (SSSR count). The summed E-state index contributed by atoms with van der Waals surface area (Å²) < 4.78 is 10.9. The number of hydrogen-bond donors (Lipinski definition) is 0. The molecule has 0 N–H and O–H groups in total. The van der Waals surface area contributed by atoms with Crippen LogP contribution >= 0.6 is 11.8 Å². The number of hydrogen-bond acceptors (Lipinski definition) is 3. The van der Waals surface area contributed by atoms with Gasteiger partial charge in [0.15, 0.2) is 16.9 Å². The SMILES string of the molecule is CCCOCC1O[S+]1CCSCC. The molecule has 0 bridgehead atoms. The second kappa shape index (κ2) is 6.98. The molecule has 1 saturated heterocycles. The van der Waals surface area contributed by atoms with Crippen LogP contribution in [0.5, 0.6) is 0 Å². The van der Waals surface area contributed by atoms with Crippen molar-refractivity contribution >= 4 is 22.9 Å². The van der Waals surface area contributed by atoms with Gasteiger partial charge in [-0.25, -0.2) is 0 Å². The number of ether oxygens (including phenoxy) is 1. The van der Waals surface area contributed by atoms with Crippen LogP contribution in [0.4, 0.5) is 0 Å². The first kappa shape index (κ1) is 11.7. The molecule has 2 unspecified atom stereocenters. The molecule has 13 heavy (non-hydrogen) atoms. The first-order valence-electron chi connectivity index (χ1n) is 4.90. The lowest BCUT2D eigenvalue weighted by Crippen LogP contribution is -2.06. The van der Waals surface area contributed by atoms with Crippen molar-refractivity contribution in [2.24, 2.45) is 0 Å². The Labute approximate surface area is 88.3 Å². The van der Waals surface area contributed by atoms with Crippen LogP contribution < -0.4 is 0 Å². The molecular weight excluding hydrogens is 204 g/mol. The quantitative estimate of drug-likeness (QED) is 0.357. The second-order valence-electron chi connectivity index (χ2n) is 2.88. The first-order valence-corrected chi connectivity index (χ1v) is 7.44. The van der Waals surface area contributed by atoms with Crippen molar-refractivity contribution in [1.82, 2.24) is 0 Å². The normalized spacial score (nSPS) is 26.3. The molecule has 0 amide bonds. The zero-order valence-electron chi connectivity index (χ0n) is 8.45. The van der Waals surface area contributed by atoms with E-state index in [1.54, 1.807) is 0 Å². The van der Waals surface area contributed by atoms with Gasteiger partial charge in [-0.15, -0.1) is 4.18 Å². The summed E-state index contributed by atoms with van der Waals surface area (Å²) in [5, 5.41) is 0. The Hall–Kier alpha value is 0.620.